The van der Waals surface area contributed by atoms with Crippen molar-refractivity contribution in [2.75, 3.05) is 18.0 Å². The molecule has 6 nitrogen and oxygen atoms in total. The molecule has 0 aliphatic carbocycles. The monoisotopic (exact) mass is 1110 g/mol. The minimum absolute atomic E-state index is 0.147. The number of ether oxygens (including phenoxy) is 1. The molecular weight excluding hydrogens is 1050 g/mol. The van der Waals surface area contributed by atoms with Crippen LogP contribution in [0.15, 0.2) is 182 Å². The molecule has 5 heterocycles. The molecule has 3 aromatic heterocycles. The van der Waals surface area contributed by atoms with E-state index < -0.39 is 6.04 Å². The molecule has 0 N–H and O–H groups in total. The molecule has 0 fully saturated rings. The second-order valence-corrected chi connectivity index (χ2v) is 20.6. The standard InChI is InChI=1S/C64H51N5O.Pt/c1-64(2,3)47-34-35-65-59(39-47)69-55-33-30-46(43-18-7-4-8-19-43)38-54(55)51-32-31-50(41-58(51)69)70-49-25-15-24-48(40-49)67-42-68(57-29-14-13-28-56(57)67)63-60(44-20-9-5-10-21-44)52-26-16-36-66-37-17-27-53(62(52)66)61(63)45-22-11-6-12-23-45;/h4-15,18-25,28-35,38-39H,16-17,26-27,36-37H2,1-3H3;/q-2;/i4D,7D,8D,18D,19D;. The average molecular weight is 1110 g/mol. The van der Waals surface area contributed by atoms with Crippen LogP contribution in [0.25, 0.3) is 83.4 Å². The Morgan fingerprint density at radius 1 is 0.577 bits per heavy atom. The maximum absolute atomic E-state index is 8.78. The molecule has 0 bridgehead atoms. The van der Waals surface area contributed by atoms with Crippen LogP contribution in [-0.4, -0.2) is 31.8 Å². The van der Waals surface area contributed by atoms with Crippen molar-refractivity contribution in [1.29, 1.82) is 0 Å². The quantitative estimate of drug-likeness (QED) is 0.142. The number of imidazole rings is 1. The molecule has 0 spiro atoms. The number of hydrogen-bond acceptors (Lipinski definition) is 3. The van der Waals surface area contributed by atoms with E-state index in [9.17, 15) is 0 Å². The van der Waals surface area contributed by atoms with Gasteiger partial charge in [0.1, 0.15) is 0 Å². The second kappa shape index (κ2) is 17.4. The Labute approximate surface area is 432 Å². The van der Waals surface area contributed by atoms with Crippen molar-refractivity contribution in [2.24, 2.45) is 0 Å². The third-order valence-electron chi connectivity index (χ3n) is 14.2. The van der Waals surface area contributed by atoms with E-state index >= 15 is 0 Å². The first-order valence-electron chi connectivity index (χ1n) is 26.9. The third kappa shape index (κ3) is 7.42. The number of anilines is 1. The van der Waals surface area contributed by atoms with E-state index in [1.54, 1.807) is 0 Å². The van der Waals surface area contributed by atoms with Gasteiger partial charge in [-0.3, -0.25) is 0 Å². The maximum atomic E-state index is 8.78. The van der Waals surface area contributed by atoms with Crippen LogP contribution in [0.3, 0.4) is 0 Å². The Hall–Kier alpha value is -7.53. The molecule has 0 unspecified atom stereocenters. The van der Waals surface area contributed by atoms with Crippen molar-refractivity contribution in [3.05, 3.63) is 215 Å². The molecular formula is C64H51N5OPt-2. The molecule has 0 saturated heterocycles. The van der Waals surface area contributed by atoms with Crippen LogP contribution < -0.4 is 9.64 Å². The summed E-state index contributed by atoms with van der Waals surface area (Å²) in [7, 11) is 0. The smallest absolute Gasteiger partial charge is 0.0617 e. The van der Waals surface area contributed by atoms with Crippen LogP contribution in [0.2, 0.25) is 0 Å². The normalized spacial score (nSPS) is 14.5. The van der Waals surface area contributed by atoms with E-state index in [-0.39, 0.29) is 35.1 Å². The number of nitrogens with zero attached hydrogens (tertiary/aromatic N) is 5. The van der Waals surface area contributed by atoms with Gasteiger partial charge < -0.3 is 0 Å². The van der Waals surface area contributed by atoms with Gasteiger partial charge in [-0.25, -0.2) is 0 Å². The van der Waals surface area contributed by atoms with Gasteiger partial charge in [0.15, 0.2) is 0 Å². The number of aromatic nitrogens is 4. The summed E-state index contributed by atoms with van der Waals surface area (Å²) >= 11 is 2.52. The van der Waals surface area contributed by atoms with E-state index in [1.165, 1.54) is 44.8 Å². The Kier molecular flexibility index (Phi) is 9.37. The van der Waals surface area contributed by atoms with Crippen molar-refractivity contribution < 1.29 is 30.9 Å². The van der Waals surface area contributed by atoms with Crippen molar-refractivity contribution >= 4 is 38.5 Å². The Balaban J connectivity index is 0.975. The van der Waals surface area contributed by atoms with Crippen molar-refractivity contribution in [3.63, 3.8) is 0 Å². The summed E-state index contributed by atoms with van der Waals surface area (Å²) in [6.07, 6.45) is 6.08. The summed E-state index contributed by atoms with van der Waals surface area (Å²) in [5, 5.41) is 1.65. The minimum atomic E-state index is -0.424. The Morgan fingerprint density at radius 3 is 1.93 bits per heavy atom. The van der Waals surface area contributed by atoms with Gasteiger partial charge in [0, 0.05) is 6.20 Å². The van der Waals surface area contributed by atoms with Gasteiger partial charge in [0.05, 0.1) is 6.85 Å². The van der Waals surface area contributed by atoms with Crippen LogP contribution in [-0.2, 0) is 37.6 Å². The van der Waals surface area contributed by atoms with E-state index in [0.29, 0.717) is 28.4 Å². The number of hydrogen-bond donors (Lipinski definition) is 0. The fourth-order valence-corrected chi connectivity index (χ4v) is 12.1. The fraction of sp³-hybridized carbons (Fsp3) is 0.156. The summed E-state index contributed by atoms with van der Waals surface area (Å²) < 4.78 is 57.2. The minimum Gasteiger partial charge on any atom is -0.0617 e. The number of para-hydroxylation sites is 2. The predicted octanol–water partition coefficient (Wildman–Crippen LogP) is 15.4. The predicted molar refractivity (Wildman–Crippen MR) is 286 cm³/mol. The molecule has 0 atom stereocenters. The van der Waals surface area contributed by atoms with E-state index in [0.717, 1.165) is 81.2 Å². The summed E-state index contributed by atoms with van der Waals surface area (Å²) in [6.45, 7) is 8.67. The number of benzene rings is 8. The number of pyridine rings is 1. The SMILES string of the molecule is [2H]c1c([2H])c([2H])c(-c2ccc3c(c2)c2ccc(Oc4[c-]c(-n5[c](=[Pt])n(-c6c(-c7ccccc7)c7c8c(c6-c6ccccc6)CCCN8CCC7)c6ccccc65)ccc4)[c-]c2n3-c2cc(C(C)(C)C)ccn2)c([2H])c1[2H]. The zero-order valence-corrected chi connectivity index (χ0v) is 41.9. The van der Waals surface area contributed by atoms with Crippen molar-refractivity contribution in [1.82, 2.24) is 18.7 Å². The molecule has 2 aliphatic rings. The Morgan fingerprint density at radius 2 is 1.24 bits per heavy atom. The molecule has 0 radical (unpaired) electrons. The van der Waals surface area contributed by atoms with E-state index in [2.05, 4.69) is 168 Å². The van der Waals surface area contributed by atoms with Gasteiger partial charge in [-0.2, -0.15) is 0 Å². The first-order chi connectivity index (χ1) is 36.9. The third-order valence-corrected chi connectivity index (χ3v) is 15.2. The second-order valence-electron chi connectivity index (χ2n) is 19.5. The summed E-state index contributed by atoms with van der Waals surface area (Å²) in [5.74, 6) is 1.68. The van der Waals surface area contributed by atoms with Gasteiger partial charge >= 0.3 is 336 Å². The molecule has 350 valence electrons. The fourth-order valence-electron chi connectivity index (χ4n) is 11.1. The van der Waals surface area contributed by atoms with Crippen LogP contribution >= 0.6 is 0 Å². The van der Waals surface area contributed by atoms with Crippen LogP contribution in [0.4, 0.5) is 5.69 Å². The van der Waals surface area contributed by atoms with Crippen molar-refractivity contribution in [3.8, 4) is 62.1 Å². The Bertz CT molecular complexity index is 4130. The van der Waals surface area contributed by atoms with E-state index in [1.807, 2.05) is 54.7 Å². The van der Waals surface area contributed by atoms with Crippen LogP contribution in [0, 0.1) is 15.9 Å². The number of rotatable bonds is 8. The van der Waals surface area contributed by atoms with E-state index in [4.69, 9.17) is 16.6 Å². The topological polar surface area (TPSA) is 40.1 Å². The van der Waals surface area contributed by atoms with Crippen LogP contribution in [0.1, 0.15) is 57.2 Å². The molecule has 11 aromatic rings. The molecule has 8 aromatic carbocycles. The average Bonchev–Trinajstić information content (AvgIpc) is 3.95. The van der Waals surface area contributed by atoms with Gasteiger partial charge in [0.25, 0.3) is 0 Å². The summed E-state index contributed by atoms with van der Waals surface area (Å²) in [6, 6.07) is 55.9. The molecule has 7 heteroatoms. The molecule has 71 heavy (non-hydrogen) atoms. The van der Waals surface area contributed by atoms with Crippen LogP contribution in [0.5, 0.6) is 11.5 Å². The first kappa shape index (κ1) is 38.2. The van der Waals surface area contributed by atoms with Gasteiger partial charge in [0.2, 0.25) is 0 Å². The summed E-state index contributed by atoms with van der Waals surface area (Å²) in [5.41, 5.74) is 16.6. The molecule has 0 saturated carbocycles. The zero-order chi connectivity index (χ0) is 52.1. The van der Waals surface area contributed by atoms with Crippen molar-refractivity contribution in [2.45, 2.75) is 51.9 Å². The number of fused-ring (bicyclic) bond motifs is 4. The molecule has 13 rings (SSSR count). The summed E-state index contributed by atoms with van der Waals surface area (Å²) in [4.78, 5) is 7.55. The van der Waals surface area contributed by atoms with Gasteiger partial charge in [-0.05, 0) is 28.2 Å². The van der Waals surface area contributed by atoms with Gasteiger partial charge in [-0.15, -0.1) is 0 Å². The zero-order valence-electron chi connectivity index (χ0n) is 44.6. The molecule has 0 amide bonds. The molecule has 2 aliphatic heterocycles. The van der Waals surface area contributed by atoms with Gasteiger partial charge in [-0.1, -0.05) is 57.0 Å². The first-order valence-corrected chi connectivity index (χ1v) is 25.5.